The summed E-state index contributed by atoms with van der Waals surface area (Å²) < 4.78 is 0. The number of hydrogen-bond donors (Lipinski definition) is 1. The lowest BCUT2D eigenvalue weighted by Crippen LogP contribution is -2.22. The molecule has 2 rings (SSSR count). The summed E-state index contributed by atoms with van der Waals surface area (Å²) in [6.07, 6.45) is 0. The van der Waals surface area contributed by atoms with Crippen LogP contribution in [0.5, 0.6) is 0 Å². The highest BCUT2D eigenvalue weighted by Gasteiger charge is 2.40. The number of aryl methyl sites for hydroxylation is 2. The fraction of sp³-hybridized carbons (Fsp3) is 0.333. The minimum absolute atomic E-state index is 0.225. The van der Waals surface area contributed by atoms with E-state index in [1.165, 1.54) is 0 Å². The second-order valence-corrected chi connectivity index (χ2v) is 5.14. The predicted octanol–water partition coefficient (Wildman–Crippen LogP) is 1.81. The van der Waals surface area contributed by atoms with Crippen molar-refractivity contribution in [1.82, 2.24) is 5.32 Å². The third-order valence-electron chi connectivity index (χ3n) is 2.68. The van der Waals surface area contributed by atoms with Gasteiger partial charge < -0.3 is 0 Å². The number of hydrogen-bond acceptors (Lipinski definition) is 2. The van der Waals surface area contributed by atoms with Gasteiger partial charge in [0.2, 0.25) is 11.8 Å². The van der Waals surface area contributed by atoms with E-state index in [-0.39, 0.29) is 11.8 Å². The summed E-state index contributed by atoms with van der Waals surface area (Å²) in [6.45, 7) is 3.96. The molecule has 3 nitrogen and oxygen atoms in total. The molecule has 1 aliphatic heterocycles. The molecule has 0 radical (unpaired) electrons. The van der Waals surface area contributed by atoms with Crippen molar-refractivity contribution >= 4 is 27.7 Å². The van der Waals surface area contributed by atoms with Crippen molar-refractivity contribution in [3.63, 3.8) is 0 Å². The van der Waals surface area contributed by atoms with E-state index in [1.54, 1.807) is 0 Å². The van der Waals surface area contributed by atoms with Crippen LogP contribution in [0.15, 0.2) is 18.2 Å². The van der Waals surface area contributed by atoms with Gasteiger partial charge >= 0.3 is 0 Å². The Bertz CT molecular complexity index is 450. The average Bonchev–Trinajstić information content (AvgIpc) is 2.39. The monoisotopic (exact) mass is 281 g/mol. The van der Waals surface area contributed by atoms with Gasteiger partial charge in [-0.15, -0.1) is 0 Å². The molecule has 1 aromatic rings. The van der Waals surface area contributed by atoms with Crippen molar-refractivity contribution < 1.29 is 9.59 Å². The Labute approximate surface area is 102 Å². The molecule has 2 atom stereocenters. The molecule has 84 valence electrons. The first-order valence-electron chi connectivity index (χ1n) is 5.06. The lowest BCUT2D eigenvalue weighted by Gasteiger charge is -2.12. The molecule has 0 spiro atoms. The molecule has 2 amide bonds. The van der Waals surface area contributed by atoms with Gasteiger partial charge in [-0.3, -0.25) is 14.9 Å². The van der Waals surface area contributed by atoms with Gasteiger partial charge in [0, 0.05) is 0 Å². The summed E-state index contributed by atoms with van der Waals surface area (Å²) in [7, 11) is 0. The van der Waals surface area contributed by atoms with Crippen LogP contribution < -0.4 is 5.32 Å². The summed E-state index contributed by atoms with van der Waals surface area (Å²) in [4.78, 5) is 22.6. The molecule has 4 heteroatoms. The molecule has 1 N–H and O–H groups in total. The van der Waals surface area contributed by atoms with Crippen molar-refractivity contribution in [2.75, 3.05) is 0 Å². The molecule has 1 saturated heterocycles. The molecule has 0 aromatic heterocycles. The number of alkyl halides is 1. The highest BCUT2D eigenvalue weighted by molar-refractivity contribution is 9.10. The highest BCUT2D eigenvalue weighted by atomic mass is 79.9. The van der Waals surface area contributed by atoms with Crippen LogP contribution in [0.4, 0.5) is 0 Å². The predicted molar refractivity (Wildman–Crippen MR) is 64.5 cm³/mol. The third kappa shape index (κ3) is 1.89. The van der Waals surface area contributed by atoms with Crippen LogP contribution in [-0.2, 0) is 9.59 Å². The van der Waals surface area contributed by atoms with Gasteiger partial charge in [0.05, 0.1) is 5.92 Å². The average molecular weight is 282 g/mol. The Kier molecular flexibility index (Phi) is 2.84. The quantitative estimate of drug-likeness (QED) is 0.630. The number of nitrogens with one attached hydrogen (secondary N) is 1. The fourth-order valence-electron chi connectivity index (χ4n) is 2.06. The van der Waals surface area contributed by atoms with Gasteiger partial charge in [-0.25, -0.2) is 0 Å². The smallest absolute Gasteiger partial charge is 0.241 e. The van der Waals surface area contributed by atoms with Gasteiger partial charge in [0.15, 0.2) is 0 Å². The largest absolute Gasteiger partial charge is 0.295 e. The van der Waals surface area contributed by atoms with Crippen molar-refractivity contribution in [1.29, 1.82) is 0 Å². The molecular formula is C12H12BrNO2. The number of carbonyl (C=O) groups is 2. The van der Waals surface area contributed by atoms with Crippen LogP contribution in [0, 0.1) is 13.8 Å². The number of halogens is 1. The van der Waals surface area contributed by atoms with Gasteiger partial charge in [0.1, 0.15) is 4.83 Å². The summed E-state index contributed by atoms with van der Waals surface area (Å²) in [6, 6.07) is 5.94. The third-order valence-corrected chi connectivity index (χ3v) is 3.62. The first-order chi connectivity index (χ1) is 7.49. The molecule has 1 aliphatic rings. The van der Waals surface area contributed by atoms with Gasteiger partial charge in [0.25, 0.3) is 0 Å². The molecule has 16 heavy (non-hydrogen) atoms. The number of amides is 2. The van der Waals surface area contributed by atoms with E-state index in [2.05, 4.69) is 21.2 Å². The highest BCUT2D eigenvalue weighted by Crippen LogP contribution is 2.31. The topological polar surface area (TPSA) is 46.2 Å². The SMILES string of the molecule is Cc1cc(C)cc(C2C(=O)NC(=O)C2Br)c1. The van der Waals surface area contributed by atoms with Crippen LogP contribution in [0.1, 0.15) is 22.6 Å². The van der Waals surface area contributed by atoms with Gasteiger partial charge in [-0.2, -0.15) is 0 Å². The molecule has 0 bridgehead atoms. The Morgan fingerprint density at radius 2 is 1.62 bits per heavy atom. The lowest BCUT2D eigenvalue weighted by atomic mass is 9.94. The van der Waals surface area contributed by atoms with E-state index in [9.17, 15) is 9.59 Å². The Balaban J connectivity index is 2.44. The standard InChI is InChI=1S/C12H12BrNO2/c1-6-3-7(2)5-8(4-6)9-10(13)12(16)14-11(9)15/h3-5,9-10H,1-2H3,(H,14,15,16). The van der Waals surface area contributed by atoms with Crippen LogP contribution in [0.3, 0.4) is 0 Å². The van der Waals surface area contributed by atoms with Crippen molar-refractivity contribution in [2.24, 2.45) is 0 Å². The second-order valence-electron chi connectivity index (χ2n) is 4.15. The fourth-order valence-corrected chi connectivity index (χ4v) is 2.72. The van der Waals surface area contributed by atoms with Crippen LogP contribution in [0.25, 0.3) is 0 Å². The molecule has 0 aliphatic carbocycles. The minimum atomic E-state index is -0.457. The number of carbonyl (C=O) groups excluding carboxylic acids is 2. The first kappa shape index (κ1) is 11.3. The summed E-state index contributed by atoms with van der Waals surface area (Å²) in [5.74, 6) is -0.892. The van der Waals surface area contributed by atoms with Crippen molar-refractivity contribution in [3.8, 4) is 0 Å². The summed E-state index contributed by atoms with van der Waals surface area (Å²) in [5, 5.41) is 2.33. The van der Waals surface area contributed by atoms with Crippen LogP contribution in [-0.4, -0.2) is 16.6 Å². The maximum atomic E-state index is 11.7. The zero-order chi connectivity index (χ0) is 11.9. The molecular weight excluding hydrogens is 270 g/mol. The molecule has 1 aromatic carbocycles. The normalized spacial score (nSPS) is 24.7. The maximum absolute atomic E-state index is 11.7. The Morgan fingerprint density at radius 3 is 2.06 bits per heavy atom. The number of rotatable bonds is 1. The van der Waals surface area contributed by atoms with E-state index in [1.807, 2.05) is 32.0 Å². The van der Waals surface area contributed by atoms with E-state index in [0.717, 1.165) is 16.7 Å². The van der Waals surface area contributed by atoms with Gasteiger partial charge in [-0.1, -0.05) is 45.3 Å². The first-order valence-corrected chi connectivity index (χ1v) is 5.97. The molecule has 0 saturated carbocycles. The molecule has 2 unspecified atom stereocenters. The van der Waals surface area contributed by atoms with Crippen molar-refractivity contribution in [3.05, 3.63) is 34.9 Å². The summed E-state index contributed by atoms with van der Waals surface area (Å²) in [5.41, 5.74) is 3.09. The minimum Gasteiger partial charge on any atom is -0.295 e. The number of imide groups is 1. The van der Waals surface area contributed by atoms with Crippen LogP contribution in [0.2, 0.25) is 0 Å². The maximum Gasteiger partial charge on any atom is 0.241 e. The van der Waals surface area contributed by atoms with E-state index >= 15 is 0 Å². The second kappa shape index (κ2) is 4.01. The summed E-state index contributed by atoms with van der Waals surface area (Å²) >= 11 is 3.26. The zero-order valence-corrected chi connectivity index (χ0v) is 10.7. The van der Waals surface area contributed by atoms with Crippen LogP contribution >= 0.6 is 15.9 Å². The van der Waals surface area contributed by atoms with Crippen molar-refractivity contribution in [2.45, 2.75) is 24.6 Å². The number of benzene rings is 1. The zero-order valence-electron chi connectivity index (χ0n) is 9.08. The van der Waals surface area contributed by atoms with Gasteiger partial charge in [-0.05, 0) is 19.4 Å². The molecule has 1 heterocycles. The van der Waals surface area contributed by atoms with E-state index in [4.69, 9.17) is 0 Å². The molecule has 1 fully saturated rings. The lowest BCUT2D eigenvalue weighted by molar-refractivity contribution is -0.125. The Morgan fingerprint density at radius 1 is 1.06 bits per heavy atom. The van der Waals surface area contributed by atoms with E-state index < -0.39 is 10.7 Å². The van der Waals surface area contributed by atoms with E-state index in [0.29, 0.717) is 0 Å². The Hall–Kier alpha value is -1.16.